The summed E-state index contributed by atoms with van der Waals surface area (Å²) in [6.07, 6.45) is -0.555. The van der Waals surface area contributed by atoms with Gasteiger partial charge in [-0.25, -0.2) is 0 Å². The maximum atomic E-state index is 11.8. The van der Waals surface area contributed by atoms with E-state index in [1.165, 1.54) is 0 Å². The summed E-state index contributed by atoms with van der Waals surface area (Å²) in [5.41, 5.74) is 1.56. The normalized spacial score (nSPS) is 10.5. The van der Waals surface area contributed by atoms with E-state index in [0.717, 1.165) is 5.69 Å². The van der Waals surface area contributed by atoms with Crippen LogP contribution in [0.4, 0.5) is 11.4 Å². The second kappa shape index (κ2) is 9.81. The standard InChI is InChI=1S/C16H25N3O4/c1-5-22-14(23-6-2)11-17-15(20)16(21)18-12-7-9-13(10-8-12)19(3)4/h7-10,14H,5-6,11H2,1-4H3,(H,17,20)(H,18,21). The van der Waals surface area contributed by atoms with Crippen LogP contribution in [0.2, 0.25) is 0 Å². The first-order chi connectivity index (χ1) is 11.0. The van der Waals surface area contributed by atoms with Gasteiger partial charge in [0.25, 0.3) is 0 Å². The predicted molar refractivity (Wildman–Crippen MR) is 89.4 cm³/mol. The quantitative estimate of drug-likeness (QED) is 0.555. The molecule has 0 saturated heterocycles. The highest BCUT2D eigenvalue weighted by Crippen LogP contribution is 2.15. The Kier molecular flexibility index (Phi) is 8.07. The van der Waals surface area contributed by atoms with Crippen molar-refractivity contribution in [2.75, 3.05) is 44.1 Å². The molecule has 0 aromatic heterocycles. The van der Waals surface area contributed by atoms with Gasteiger partial charge in [-0.15, -0.1) is 0 Å². The van der Waals surface area contributed by atoms with E-state index in [1.807, 2.05) is 45.0 Å². The first-order valence-corrected chi connectivity index (χ1v) is 7.57. The number of ether oxygens (including phenoxy) is 2. The van der Waals surface area contributed by atoms with Gasteiger partial charge in [-0.1, -0.05) is 0 Å². The molecule has 0 bridgehead atoms. The van der Waals surface area contributed by atoms with Crippen LogP contribution >= 0.6 is 0 Å². The highest BCUT2D eigenvalue weighted by Gasteiger charge is 2.16. The number of carbonyl (C=O) groups is 2. The zero-order chi connectivity index (χ0) is 17.2. The maximum absolute atomic E-state index is 11.8. The van der Waals surface area contributed by atoms with E-state index < -0.39 is 18.1 Å². The number of hydrogen-bond donors (Lipinski definition) is 2. The van der Waals surface area contributed by atoms with E-state index in [2.05, 4.69) is 10.6 Å². The van der Waals surface area contributed by atoms with Crippen molar-refractivity contribution in [1.82, 2.24) is 5.32 Å². The molecule has 7 nitrogen and oxygen atoms in total. The van der Waals surface area contributed by atoms with E-state index in [9.17, 15) is 9.59 Å². The summed E-state index contributed by atoms with van der Waals surface area (Å²) in [7, 11) is 3.85. The lowest BCUT2D eigenvalue weighted by Crippen LogP contribution is -2.41. The number of rotatable bonds is 8. The fraction of sp³-hybridized carbons (Fsp3) is 0.500. The van der Waals surface area contributed by atoms with Crippen LogP contribution in [0.5, 0.6) is 0 Å². The van der Waals surface area contributed by atoms with Gasteiger partial charge in [-0.3, -0.25) is 9.59 Å². The Labute approximate surface area is 136 Å². The first kappa shape index (κ1) is 18.9. The summed E-state index contributed by atoms with van der Waals surface area (Å²) in [6.45, 7) is 4.71. The minimum atomic E-state index is -0.730. The SMILES string of the molecule is CCOC(CNC(=O)C(=O)Nc1ccc(N(C)C)cc1)OCC. The van der Waals surface area contributed by atoms with Gasteiger partial charge < -0.3 is 25.0 Å². The number of nitrogens with one attached hydrogen (secondary N) is 2. The Hall–Kier alpha value is -2.12. The predicted octanol–water partition coefficient (Wildman–Crippen LogP) is 1.21. The maximum Gasteiger partial charge on any atom is 0.313 e. The summed E-state index contributed by atoms with van der Waals surface area (Å²) >= 11 is 0. The molecular weight excluding hydrogens is 298 g/mol. The molecule has 1 aromatic carbocycles. The molecule has 0 fully saturated rings. The van der Waals surface area contributed by atoms with E-state index in [4.69, 9.17) is 9.47 Å². The van der Waals surface area contributed by atoms with E-state index in [0.29, 0.717) is 18.9 Å². The van der Waals surface area contributed by atoms with Crippen LogP contribution in [0.25, 0.3) is 0 Å². The number of anilines is 2. The second-order valence-electron chi connectivity index (χ2n) is 4.95. The van der Waals surface area contributed by atoms with Gasteiger partial charge in [0.1, 0.15) is 0 Å². The number of hydrogen-bond acceptors (Lipinski definition) is 5. The van der Waals surface area contributed by atoms with E-state index >= 15 is 0 Å². The molecular formula is C16H25N3O4. The molecule has 0 atom stereocenters. The lowest BCUT2D eigenvalue weighted by Gasteiger charge is -2.17. The van der Waals surface area contributed by atoms with Crippen molar-refractivity contribution in [1.29, 1.82) is 0 Å². The van der Waals surface area contributed by atoms with Crippen LogP contribution in [-0.4, -0.2) is 52.0 Å². The zero-order valence-electron chi connectivity index (χ0n) is 14.1. The summed E-state index contributed by atoms with van der Waals surface area (Å²) in [5, 5.41) is 5.04. The molecule has 0 aliphatic carbocycles. The third kappa shape index (κ3) is 6.66. The Balaban J connectivity index is 2.48. The molecule has 1 rings (SSSR count). The average Bonchev–Trinajstić information content (AvgIpc) is 2.53. The zero-order valence-corrected chi connectivity index (χ0v) is 14.1. The van der Waals surface area contributed by atoms with Crippen molar-refractivity contribution < 1.29 is 19.1 Å². The summed E-state index contributed by atoms with van der Waals surface area (Å²) in [5.74, 6) is -1.46. The van der Waals surface area contributed by atoms with Crippen molar-refractivity contribution >= 4 is 23.2 Å². The van der Waals surface area contributed by atoms with E-state index in [1.54, 1.807) is 12.1 Å². The smallest absolute Gasteiger partial charge is 0.313 e. The number of carbonyl (C=O) groups excluding carboxylic acids is 2. The van der Waals surface area contributed by atoms with Crippen molar-refractivity contribution in [3.8, 4) is 0 Å². The summed E-state index contributed by atoms with van der Waals surface area (Å²) in [6, 6.07) is 7.19. The molecule has 128 valence electrons. The topological polar surface area (TPSA) is 79.9 Å². The number of benzene rings is 1. The molecule has 7 heteroatoms. The number of amides is 2. The Morgan fingerprint density at radius 1 is 1.04 bits per heavy atom. The average molecular weight is 323 g/mol. The van der Waals surface area contributed by atoms with Gasteiger partial charge in [0.2, 0.25) is 0 Å². The third-order valence-electron chi connectivity index (χ3n) is 2.98. The molecule has 0 saturated carbocycles. The fourth-order valence-corrected chi connectivity index (χ4v) is 1.82. The monoisotopic (exact) mass is 323 g/mol. The van der Waals surface area contributed by atoms with Crippen molar-refractivity contribution in [2.24, 2.45) is 0 Å². The van der Waals surface area contributed by atoms with Gasteiger partial charge in [0, 0.05) is 38.7 Å². The molecule has 23 heavy (non-hydrogen) atoms. The van der Waals surface area contributed by atoms with Crippen molar-refractivity contribution in [3.63, 3.8) is 0 Å². The third-order valence-corrected chi connectivity index (χ3v) is 2.98. The van der Waals surface area contributed by atoms with Gasteiger partial charge in [-0.05, 0) is 38.1 Å². The minimum absolute atomic E-state index is 0.119. The van der Waals surface area contributed by atoms with Gasteiger partial charge in [0.15, 0.2) is 6.29 Å². The van der Waals surface area contributed by atoms with Crippen LogP contribution in [0.3, 0.4) is 0 Å². The van der Waals surface area contributed by atoms with Crippen molar-refractivity contribution in [3.05, 3.63) is 24.3 Å². The molecule has 0 spiro atoms. The summed E-state index contributed by atoms with van der Waals surface area (Å²) < 4.78 is 10.6. The highest BCUT2D eigenvalue weighted by molar-refractivity contribution is 6.39. The van der Waals surface area contributed by atoms with Gasteiger partial charge in [0.05, 0.1) is 6.54 Å². The molecule has 0 aliphatic heterocycles. The fourth-order valence-electron chi connectivity index (χ4n) is 1.82. The first-order valence-electron chi connectivity index (χ1n) is 7.57. The molecule has 0 radical (unpaired) electrons. The van der Waals surface area contributed by atoms with E-state index in [-0.39, 0.29) is 6.54 Å². The Morgan fingerprint density at radius 3 is 2.09 bits per heavy atom. The lowest BCUT2D eigenvalue weighted by atomic mass is 10.2. The molecule has 1 aromatic rings. The van der Waals surface area contributed by atoms with Gasteiger partial charge >= 0.3 is 11.8 Å². The molecule has 2 amide bonds. The van der Waals surface area contributed by atoms with Crippen LogP contribution in [0.1, 0.15) is 13.8 Å². The lowest BCUT2D eigenvalue weighted by molar-refractivity contribution is -0.145. The molecule has 0 aliphatic rings. The highest BCUT2D eigenvalue weighted by atomic mass is 16.7. The Bertz CT molecular complexity index is 497. The number of nitrogens with zero attached hydrogens (tertiary/aromatic N) is 1. The largest absolute Gasteiger partial charge is 0.378 e. The van der Waals surface area contributed by atoms with Crippen LogP contribution in [0.15, 0.2) is 24.3 Å². The minimum Gasteiger partial charge on any atom is -0.378 e. The molecule has 0 heterocycles. The molecule has 2 N–H and O–H groups in total. The van der Waals surface area contributed by atoms with Crippen LogP contribution < -0.4 is 15.5 Å². The molecule has 0 unspecified atom stereocenters. The van der Waals surface area contributed by atoms with Crippen LogP contribution in [-0.2, 0) is 19.1 Å². The Morgan fingerprint density at radius 2 is 1.61 bits per heavy atom. The van der Waals surface area contributed by atoms with Gasteiger partial charge in [-0.2, -0.15) is 0 Å². The second-order valence-corrected chi connectivity index (χ2v) is 4.95. The summed E-state index contributed by atoms with van der Waals surface area (Å²) in [4.78, 5) is 25.6. The van der Waals surface area contributed by atoms with Crippen LogP contribution in [0, 0.1) is 0 Å². The van der Waals surface area contributed by atoms with Crippen molar-refractivity contribution in [2.45, 2.75) is 20.1 Å².